The molecule has 0 radical (unpaired) electrons. The molecular formula is C36H44N4O. The number of nitrogens with zero attached hydrogens (tertiary/aromatic N) is 2. The van der Waals surface area contributed by atoms with Gasteiger partial charge in [0.15, 0.2) is 0 Å². The summed E-state index contributed by atoms with van der Waals surface area (Å²) >= 11 is 0. The molecule has 5 heteroatoms. The summed E-state index contributed by atoms with van der Waals surface area (Å²) in [6.07, 6.45) is 11.7. The zero-order chi connectivity index (χ0) is 27.8. The Bertz CT molecular complexity index is 1630. The predicted molar refractivity (Wildman–Crippen MR) is 167 cm³/mol. The van der Waals surface area contributed by atoms with Crippen molar-refractivity contribution in [1.29, 1.82) is 0 Å². The zero-order valence-corrected chi connectivity index (χ0v) is 24.6. The minimum atomic E-state index is 0.303. The topological polar surface area (TPSA) is 58.3 Å². The third kappa shape index (κ3) is 4.03. The summed E-state index contributed by atoms with van der Waals surface area (Å²) < 4.78 is 0. The van der Waals surface area contributed by atoms with Crippen molar-refractivity contribution in [2.75, 3.05) is 27.2 Å². The van der Waals surface area contributed by atoms with E-state index < -0.39 is 0 Å². The average molecular weight is 549 g/mol. The van der Waals surface area contributed by atoms with Crippen LogP contribution in [0.1, 0.15) is 72.3 Å². The maximum atomic E-state index is 11.0. The molecule has 2 fully saturated rings. The molecule has 4 heterocycles. The Balaban J connectivity index is 1.09. The number of aromatic nitrogens is 2. The molecule has 8 rings (SSSR count). The van der Waals surface area contributed by atoms with Gasteiger partial charge in [0.05, 0.1) is 11.6 Å². The fourth-order valence-corrected chi connectivity index (χ4v) is 9.50. The summed E-state index contributed by atoms with van der Waals surface area (Å²) in [4.78, 5) is 12.7. The first-order valence-electron chi connectivity index (χ1n) is 16.0. The number of rotatable bonds is 4. The number of phenols is 1. The van der Waals surface area contributed by atoms with E-state index in [1.807, 2.05) is 6.07 Å². The minimum Gasteiger partial charge on any atom is -0.508 e. The van der Waals surface area contributed by atoms with Crippen LogP contribution in [-0.2, 0) is 19.3 Å². The van der Waals surface area contributed by atoms with Gasteiger partial charge in [0.25, 0.3) is 0 Å². The van der Waals surface area contributed by atoms with Crippen molar-refractivity contribution in [2.24, 2.45) is 23.7 Å². The number of aromatic amines is 2. The van der Waals surface area contributed by atoms with Crippen LogP contribution in [0.15, 0.2) is 49.1 Å². The fourth-order valence-electron chi connectivity index (χ4n) is 9.50. The highest BCUT2D eigenvalue weighted by molar-refractivity contribution is 5.90. The summed E-state index contributed by atoms with van der Waals surface area (Å²) in [5, 5.41) is 13.7. The second-order valence-corrected chi connectivity index (χ2v) is 13.7. The number of likely N-dealkylation sites (N-methyl/N-ethyl adjacent to an activating group) is 1. The number of allylic oxidation sites excluding steroid dienone is 1. The van der Waals surface area contributed by atoms with Crippen molar-refractivity contribution < 1.29 is 5.11 Å². The highest BCUT2D eigenvalue weighted by Crippen LogP contribution is 2.51. The average Bonchev–Trinajstić information content (AvgIpc) is 3.67. The molecule has 4 aromatic rings. The molecule has 1 saturated heterocycles. The van der Waals surface area contributed by atoms with Crippen molar-refractivity contribution in [3.63, 3.8) is 0 Å². The van der Waals surface area contributed by atoms with Gasteiger partial charge in [0.2, 0.25) is 0 Å². The lowest BCUT2D eigenvalue weighted by Crippen LogP contribution is -2.39. The number of H-pyrrole nitrogens is 2. The van der Waals surface area contributed by atoms with E-state index in [1.165, 1.54) is 64.4 Å². The second kappa shape index (κ2) is 9.78. The summed E-state index contributed by atoms with van der Waals surface area (Å²) in [5.41, 5.74) is 9.54. The van der Waals surface area contributed by atoms with E-state index in [-0.39, 0.29) is 0 Å². The lowest BCUT2D eigenvalue weighted by atomic mass is 9.61. The van der Waals surface area contributed by atoms with Crippen molar-refractivity contribution in [2.45, 2.75) is 63.5 Å². The molecular weight excluding hydrogens is 504 g/mol. The molecule has 3 N–H and O–H groups in total. The number of nitrogens with one attached hydrogen (secondary N) is 2. The molecule has 6 unspecified atom stereocenters. The molecule has 5 nitrogen and oxygen atoms in total. The molecule has 2 aliphatic heterocycles. The third-order valence-corrected chi connectivity index (χ3v) is 11.7. The van der Waals surface area contributed by atoms with E-state index in [1.54, 1.807) is 5.56 Å². The SMILES string of the molecule is C=CC1CC2Cc3c([nH]c4c(C5CCCN5C)c(O)ccc34)CC2CC1CC1c2[nH]c3ccccc3c2CCN1C. The summed E-state index contributed by atoms with van der Waals surface area (Å²) in [7, 11) is 4.52. The van der Waals surface area contributed by atoms with Gasteiger partial charge < -0.3 is 15.1 Å². The maximum Gasteiger partial charge on any atom is 0.122 e. The van der Waals surface area contributed by atoms with E-state index in [4.69, 9.17) is 0 Å². The molecule has 2 aromatic heterocycles. The van der Waals surface area contributed by atoms with Gasteiger partial charge in [-0.2, -0.15) is 0 Å². The number of likely N-dealkylation sites (tertiary alicyclic amines) is 1. The molecule has 41 heavy (non-hydrogen) atoms. The van der Waals surface area contributed by atoms with Crippen LogP contribution in [0.3, 0.4) is 0 Å². The Morgan fingerprint density at radius 1 is 0.951 bits per heavy atom. The van der Waals surface area contributed by atoms with Crippen LogP contribution in [0.25, 0.3) is 21.8 Å². The lowest BCUT2D eigenvalue weighted by molar-refractivity contribution is 0.0912. The largest absolute Gasteiger partial charge is 0.508 e. The highest BCUT2D eigenvalue weighted by atomic mass is 16.3. The summed E-state index contributed by atoms with van der Waals surface area (Å²) in [6, 6.07) is 13.7. The van der Waals surface area contributed by atoms with Crippen molar-refractivity contribution in [3.05, 3.63) is 77.1 Å². The number of benzene rings is 2. The zero-order valence-electron chi connectivity index (χ0n) is 24.6. The van der Waals surface area contributed by atoms with E-state index >= 15 is 0 Å². The molecule has 0 bridgehead atoms. The van der Waals surface area contributed by atoms with Crippen molar-refractivity contribution in [1.82, 2.24) is 19.8 Å². The van der Waals surface area contributed by atoms with Gasteiger partial charge in [-0.05, 0) is 125 Å². The second-order valence-electron chi connectivity index (χ2n) is 13.7. The van der Waals surface area contributed by atoms with Crippen LogP contribution in [-0.4, -0.2) is 52.1 Å². The Kier molecular flexibility index (Phi) is 6.12. The Hall–Kier alpha value is -3.02. The van der Waals surface area contributed by atoms with Crippen LogP contribution >= 0.6 is 0 Å². The van der Waals surface area contributed by atoms with Crippen LogP contribution in [0.2, 0.25) is 0 Å². The Morgan fingerprint density at radius 2 is 1.80 bits per heavy atom. The number of phenolic OH excluding ortho intramolecular Hbond substituents is 1. The molecule has 6 atom stereocenters. The van der Waals surface area contributed by atoms with Gasteiger partial charge in [0, 0.05) is 45.8 Å². The molecule has 4 aliphatic rings. The van der Waals surface area contributed by atoms with E-state index in [2.05, 4.69) is 76.8 Å². The van der Waals surface area contributed by atoms with Crippen LogP contribution in [0, 0.1) is 23.7 Å². The van der Waals surface area contributed by atoms with Gasteiger partial charge >= 0.3 is 0 Å². The van der Waals surface area contributed by atoms with Gasteiger partial charge in [0.1, 0.15) is 5.75 Å². The summed E-state index contributed by atoms with van der Waals surface area (Å²) in [6.45, 7) is 6.59. The first kappa shape index (κ1) is 25.7. The molecule has 1 saturated carbocycles. The molecule has 2 aromatic carbocycles. The number of hydrogen-bond donors (Lipinski definition) is 3. The van der Waals surface area contributed by atoms with Crippen LogP contribution < -0.4 is 0 Å². The van der Waals surface area contributed by atoms with Crippen LogP contribution in [0.5, 0.6) is 5.75 Å². The van der Waals surface area contributed by atoms with E-state index in [0.29, 0.717) is 41.5 Å². The minimum absolute atomic E-state index is 0.303. The van der Waals surface area contributed by atoms with E-state index in [0.717, 1.165) is 44.3 Å². The third-order valence-electron chi connectivity index (χ3n) is 11.7. The van der Waals surface area contributed by atoms with Crippen LogP contribution in [0.4, 0.5) is 0 Å². The van der Waals surface area contributed by atoms with Gasteiger partial charge in [-0.1, -0.05) is 24.3 Å². The standard InChI is InChI=1S/C36H44N4O/c1-4-21-16-22-18-28-26-11-12-33(41)34(31-10-7-14-39(31)2)36(26)38-30(28)19-23(22)17-24(21)20-32-35-27(13-15-40(32)3)25-8-5-6-9-29(25)37-35/h4-6,8-9,11-12,21-24,31-32,37-38,41H,1,7,10,13-20H2,2-3H3. The highest BCUT2D eigenvalue weighted by Gasteiger charge is 2.42. The number of hydrogen-bond acceptors (Lipinski definition) is 3. The fraction of sp³-hybridized carbons (Fsp3) is 0.500. The van der Waals surface area contributed by atoms with Gasteiger partial charge in [-0.15, -0.1) is 6.58 Å². The first-order valence-corrected chi connectivity index (χ1v) is 16.0. The molecule has 2 aliphatic carbocycles. The van der Waals surface area contributed by atoms with Crippen molar-refractivity contribution >= 4 is 21.8 Å². The maximum absolute atomic E-state index is 11.0. The first-order chi connectivity index (χ1) is 20.0. The molecule has 214 valence electrons. The number of para-hydroxylation sites is 1. The lowest BCUT2D eigenvalue weighted by Gasteiger charge is -2.45. The molecule has 0 amide bonds. The molecule has 0 spiro atoms. The Labute approximate surface area is 243 Å². The number of fused-ring (bicyclic) bond motifs is 7. The quantitative estimate of drug-likeness (QED) is 0.235. The predicted octanol–water partition coefficient (Wildman–Crippen LogP) is 7.28. The Morgan fingerprint density at radius 3 is 2.63 bits per heavy atom. The van der Waals surface area contributed by atoms with Gasteiger partial charge in [-0.3, -0.25) is 9.80 Å². The summed E-state index contributed by atoms with van der Waals surface area (Å²) in [5.74, 6) is 3.08. The van der Waals surface area contributed by atoms with Gasteiger partial charge in [-0.25, -0.2) is 0 Å². The van der Waals surface area contributed by atoms with E-state index in [9.17, 15) is 5.11 Å². The normalized spacial score (nSPS) is 30.4. The number of aromatic hydroxyl groups is 1. The monoisotopic (exact) mass is 548 g/mol. The smallest absolute Gasteiger partial charge is 0.122 e. The van der Waals surface area contributed by atoms with Crippen molar-refractivity contribution in [3.8, 4) is 5.75 Å².